The van der Waals surface area contributed by atoms with E-state index < -0.39 is 0 Å². The van der Waals surface area contributed by atoms with E-state index in [4.69, 9.17) is 12.2 Å². The topological polar surface area (TPSA) is 49.2 Å². The highest BCUT2D eigenvalue weighted by Gasteiger charge is 2.10. The van der Waals surface area contributed by atoms with E-state index in [1.54, 1.807) is 4.68 Å². The minimum atomic E-state index is 0.477. The molecule has 1 fully saturated rings. The van der Waals surface area contributed by atoms with Crippen molar-refractivity contribution in [1.29, 1.82) is 0 Å². The molecule has 0 bridgehead atoms. The standard InChI is InChI=1S/C20H21N5S/c26-20-23-22-19(17-7-3-1-4-8-17)25(20)21-15-16-9-11-18(12-10-16)24-13-5-2-6-14-24/h1,3-4,7-12,15H,2,5-6,13-14H2,(H,23,26)/b21-15+. The average Bonchev–Trinajstić information content (AvgIpc) is 3.08. The van der Waals surface area contributed by atoms with Gasteiger partial charge in [0.2, 0.25) is 4.77 Å². The van der Waals surface area contributed by atoms with Gasteiger partial charge in [0, 0.05) is 24.3 Å². The summed E-state index contributed by atoms with van der Waals surface area (Å²) in [5.74, 6) is 0.705. The lowest BCUT2D eigenvalue weighted by Gasteiger charge is -2.28. The summed E-state index contributed by atoms with van der Waals surface area (Å²) in [6.07, 6.45) is 5.72. The van der Waals surface area contributed by atoms with Crippen LogP contribution in [0.5, 0.6) is 0 Å². The first-order chi connectivity index (χ1) is 12.8. The Labute approximate surface area is 158 Å². The molecule has 0 saturated carbocycles. The van der Waals surface area contributed by atoms with E-state index >= 15 is 0 Å². The van der Waals surface area contributed by atoms with Crippen molar-refractivity contribution in [1.82, 2.24) is 14.9 Å². The summed E-state index contributed by atoms with van der Waals surface area (Å²) >= 11 is 5.32. The molecular weight excluding hydrogens is 342 g/mol. The van der Waals surface area contributed by atoms with E-state index in [0.29, 0.717) is 10.6 Å². The number of nitrogens with zero attached hydrogens (tertiary/aromatic N) is 4. The number of hydrogen-bond acceptors (Lipinski definition) is 4. The minimum Gasteiger partial charge on any atom is -0.372 e. The molecule has 1 aromatic heterocycles. The molecule has 1 N–H and O–H groups in total. The highest BCUT2D eigenvalue weighted by Crippen LogP contribution is 2.20. The van der Waals surface area contributed by atoms with Gasteiger partial charge < -0.3 is 4.90 Å². The molecule has 0 spiro atoms. The van der Waals surface area contributed by atoms with Gasteiger partial charge in [0.05, 0.1) is 6.21 Å². The Kier molecular flexibility index (Phi) is 4.93. The molecule has 0 atom stereocenters. The zero-order chi connectivity index (χ0) is 17.8. The van der Waals surface area contributed by atoms with Crippen molar-refractivity contribution in [2.45, 2.75) is 19.3 Å². The van der Waals surface area contributed by atoms with E-state index in [0.717, 1.165) is 24.2 Å². The van der Waals surface area contributed by atoms with Crippen molar-refractivity contribution in [2.75, 3.05) is 18.0 Å². The Morgan fingerprint density at radius 2 is 1.69 bits per heavy atom. The lowest BCUT2D eigenvalue weighted by molar-refractivity contribution is 0.578. The maximum atomic E-state index is 5.32. The van der Waals surface area contributed by atoms with E-state index in [1.807, 2.05) is 36.5 Å². The van der Waals surface area contributed by atoms with Crippen LogP contribution in [0.3, 0.4) is 0 Å². The van der Waals surface area contributed by atoms with E-state index in [-0.39, 0.29) is 0 Å². The normalized spacial score (nSPS) is 14.8. The summed E-state index contributed by atoms with van der Waals surface area (Å²) in [6.45, 7) is 2.30. The minimum absolute atomic E-state index is 0.477. The Hall–Kier alpha value is -2.73. The molecule has 2 aromatic carbocycles. The fraction of sp³-hybridized carbons (Fsp3) is 0.250. The second-order valence-electron chi connectivity index (χ2n) is 6.41. The molecule has 0 aliphatic carbocycles. The number of anilines is 1. The van der Waals surface area contributed by atoms with Crippen LogP contribution in [0.15, 0.2) is 59.7 Å². The number of aromatic amines is 1. The van der Waals surface area contributed by atoms with Crippen molar-refractivity contribution in [3.8, 4) is 11.4 Å². The number of nitrogens with one attached hydrogen (secondary N) is 1. The Balaban J connectivity index is 1.55. The monoisotopic (exact) mass is 363 g/mol. The van der Waals surface area contributed by atoms with Crippen molar-refractivity contribution in [3.63, 3.8) is 0 Å². The van der Waals surface area contributed by atoms with Crippen LogP contribution in [0.2, 0.25) is 0 Å². The summed E-state index contributed by atoms with van der Waals surface area (Å²) in [5, 5.41) is 11.7. The third-order valence-corrected chi connectivity index (χ3v) is 4.88. The molecule has 0 unspecified atom stereocenters. The third kappa shape index (κ3) is 3.60. The van der Waals surface area contributed by atoms with Gasteiger partial charge in [0.25, 0.3) is 0 Å². The molecule has 4 rings (SSSR count). The van der Waals surface area contributed by atoms with Gasteiger partial charge in [0.15, 0.2) is 5.82 Å². The van der Waals surface area contributed by atoms with Crippen LogP contribution < -0.4 is 4.90 Å². The predicted molar refractivity (Wildman–Crippen MR) is 108 cm³/mol. The fourth-order valence-electron chi connectivity index (χ4n) is 3.22. The predicted octanol–water partition coefficient (Wildman–Crippen LogP) is 4.48. The van der Waals surface area contributed by atoms with Crippen LogP contribution in [-0.2, 0) is 0 Å². The molecule has 0 radical (unpaired) electrons. The van der Waals surface area contributed by atoms with Gasteiger partial charge in [-0.15, -0.1) is 0 Å². The quantitative estimate of drug-likeness (QED) is 0.549. The molecule has 1 saturated heterocycles. The van der Waals surface area contributed by atoms with E-state index in [9.17, 15) is 0 Å². The molecule has 0 amide bonds. The SMILES string of the molecule is S=c1[nH]nc(-c2ccccc2)n1/N=C/c1ccc(N2CCCCC2)cc1. The maximum Gasteiger partial charge on any atom is 0.216 e. The average molecular weight is 363 g/mol. The van der Waals surface area contributed by atoms with Gasteiger partial charge in [-0.2, -0.15) is 14.9 Å². The Bertz CT molecular complexity index is 934. The first kappa shape index (κ1) is 16.7. The summed E-state index contributed by atoms with van der Waals surface area (Å²) in [6, 6.07) is 18.4. The van der Waals surface area contributed by atoms with Gasteiger partial charge >= 0.3 is 0 Å². The number of benzene rings is 2. The van der Waals surface area contributed by atoms with Crippen molar-refractivity contribution in [3.05, 3.63) is 64.9 Å². The third-order valence-electron chi connectivity index (χ3n) is 4.62. The van der Waals surface area contributed by atoms with Gasteiger partial charge in [-0.05, 0) is 49.2 Å². The van der Waals surface area contributed by atoms with Crippen molar-refractivity contribution in [2.24, 2.45) is 5.10 Å². The molecule has 3 aromatic rings. The molecule has 2 heterocycles. The first-order valence-electron chi connectivity index (χ1n) is 8.93. The lowest BCUT2D eigenvalue weighted by Crippen LogP contribution is -2.29. The second-order valence-corrected chi connectivity index (χ2v) is 6.80. The van der Waals surface area contributed by atoms with Crippen LogP contribution in [0.25, 0.3) is 11.4 Å². The van der Waals surface area contributed by atoms with Gasteiger partial charge in [-0.3, -0.25) is 0 Å². The maximum absolute atomic E-state index is 5.32. The zero-order valence-corrected chi connectivity index (χ0v) is 15.3. The van der Waals surface area contributed by atoms with Crippen LogP contribution in [0, 0.1) is 4.77 Å². The summed E-state index contributed by atoms with van der Waals surface area (Å²) in [5.41, 5.74) is 3.29. The molecule has 6 heteroatoms. The fourth-order valence-corrected chi connectivity index (χ4v) is 3.40. The first-order valence-corrected chi connectivity index (χ1v) is 9.34. The number of aromatic nitrogens is 3. The second kappa shape index (κ2) is 7.66. The molecule has 132 valence electrons. The van der Waals surface area contributed by atoms with E-state index in [2.05, 4.69) is 44.5 Å². The zero-order valence-electron chi connectivity index (χ0n) is 14.5. The summed E-state index contributed by atoms with van der Waals surface area (Å²) < 4.78 is 2.13. The Morgan fingerprint density at radius 1 is 0.962 bits per heavy atom. The summed E-state index contributed by atoms with van der Waals surface area (Å²) in [7, 11) is 0. The van der Waals surface area contributed by atoms with Gasteiger partial charge in [-0.25, -0.2) is 5.10 Å². The van der Waals surface area contributed by atoms with Crippen LogP contribution in [0.4, 0.5) is 5.69 Å². The molecule has 5 nitrogen and oxygen atoms in total. The highest BCUT2D eigenvalue weighted by molar-refractivity contribution is 7.71. The van der Waals surface area contributed by atoms with Crippen molar-refractivity contribution >= 4 is 24.1 Å². The summed E-state index contributed by atoms with van der Waals surface area (Å²) in [4.78, 5) is 2.45. The Morgan fingerprint density at radius 3 is 2.42 bits per heavy atom. The number of H-pyrrole nitrogens is 1. The number of hydrogen-bond donors (Lipinski definition) is 1. The number of rotatable bonds is 4. The largest absolute Gasteiger partial charge is 0.372 e. The van der Waals surface area contributed by atoms with Crippen LogP contribution in [-0.4, -0.2) is 34.2 Å². The molecule has 26 heavy (non-hydrogen) atoms. The highest BCUT2D eigenvalue weighted by atomic mass is 32.1. The van der Waals surface area contributed by atoms with E-state index in [1.165, 1.54) is 24.9 Å². The molecule has 1 aliphatic rings. The van der Waals surface area contributed by atoms with Gasteiger partial charge in [-0.1, -0.05) is 42.5 Å². The smallest absolute Gasteiger partial charge is 0.216 e. The van der Waals surface area contributed by atoms with Gasteiger partial charge in [0.1, 0.15) is 0 Å². The molecule has 1 aliphatic heterocycles. The van der Waals surface area contributed by atoms with Crippen LogP contribution >= 0.6 is 12.2 Å². The number of piperidine rings is 1. The van der Waals surface area contributed by atoms with Crippen molar-refractivity contribution < 1.29 is 0 Å². The lowest BCUT2D eigenvalue weighted by atomic mass is 10.1. The van der Waals surface area contributed by atoms with Crippen LogP contribution in [0.1, 0.15) is 24.8 Å². The molecular formula is C20H21N5S.